The van der Waals surface area contributed by atoms with Crippen molar-refractivity contribution in [1.82, 2.24) is 15.0 Å². The molecule has 4 nitrogen and oxygen atoms in total. The highest BCUT2D eigenvalue weighted by atomic mass is 35.5. The molecule has 0 amide bonds. The molecule has 0 aromatic carbocycles. The number of aromatic nitrogens is 3. The van der Waals surface area contributed by atoms with Crippen molar-refractivity contribution >= 4 is 28.8 Å². The second-order valence-corrected chi connectivity index (χ2v) is 4.64. The minimum absolute atomic E-state index is 0.527. The van der Waals surface area contributed by atoms with E-state index in [0.717, 1.165) is 9.88 Å². The average molecular weight is 241 g/mol. The number of nitrogens with zero attached hydrogens (tertiary/aromatic N) is 3. The molecular formula is C9H9ClN4S. The molecule has 15 heavy (non-hydrogen) atoms. The monoisotopic (exact) mass is 240 g/mol. The van der Waals surface area contributed by atoms with Crippen LogP contribution in [0.1, 0.15) is 9.88 Å². The van der Waals surface area contributed by atoms with Crippen LogP contribution in [0.4, 0.5) is 5.82 Å². The van der Waals surface area contributed by atoms with Crippen LogP contribution in [0.15, 0.2) is 18.7 Å². The summed E-state index contributed by atoms with van der Waals surface area (Å²) in [6.07, 6.45) is 4.88. The number of anilines is 1. The average Bonchev–Trinajstić information content (AvgIpc) is 2.63. The third kappa shape index (κ3) is 2.64. The zero-order valence-electron chi connectivity index (χ0n) is 8.07. The first-order valence-electron chi connectivity index (χ1n) is 4.36. The molecule has 0 unspecified atom stereocenters. The van der Waals surface area contributed by atoms with Gasteiger partial charge in [-0.3, -0.25) is 0 Å². The van der Waals surface area contributed by atoms with Gasteiger partial charge in [-0.05, 0) is 6.92 Å². The molecule has 0 aliphatic carbocycles. The Balaban J connectivity index is 2.02. The lowest BCUT2D eigenvalue weighted by Crippen LogP contribution is -2.00. The zero-order valence-corrected chi connectivity index (χ0v) is 9.64. The highest BCUT2D eigenvalue weighted by Crippen LogP contribution is 2.18. The molecule has 0 bridgehead atoms. The third-order valence-electron chi connectivity index (χ3n) is 1.77. The van der Waals surface area contributed by atoms with Crippen molar-refractivity contribution in [3.63, 3.8) is 0 Å². The summed E-state index contributed by atoms with van der Waals surface area (Å²) in [7, 11) is 0. The predicted molar refractivity (Wildman–Crippen MR) is 61.2 cm³/mol. The molecule has 1 N–H and O–H groups in total. The molecule has 2 aromatic heterocycles. The van der Waals surface area contributed by atoms with Gasteiger partial charge >= 0.3 is 0 Å². The van der Waals surface area contributed by atoms with E-state index in [-0.39, 0.29) is 0 Å². The second-order valence-electron chi connectivity index (χ2n) is 2.92. The summed E-state index contributed by atoms with van der Waals surface area (Å²) in [4.78, 5) is 13.2. The van der Waals surface area contributed by atoms with E-state index in [1.54, 1.807) is 17.5 Å². The van der Waals surface area contributed by atoms with E-state index in [4.69, 9.17) is 11.6 Å². The number of thiazole rings is 1. The van der Waals surface area contributed by atoms with Crippen molar-refractivity contribution in [1.29, 1.82) is 0 Å². The number of rotatable bonds is 3. The first-order valence-corrected chi connectivity index (χ1v) is 5.56. The van der Waals surface area contributed by atoms with Gasteiger partial charge in [-0.1, -0.05) is 11.6 Å². The van der Waals surface area contributed by atoms with E-state index in [1.165, 1.54) is 6.33 Å². The third-order valence-corrected chi connectivity index (χ3v) is 2.96. The molecule has 0 aliphatic rings. The molecule has 6 heteroatoms. The summed E-state index contributed by atoms with van der Waals surface area (Å²) in [5.74, 6) is 0.651. The lowest BCUT2D eigenvalue weighted by molar-refractivity contribution is 1.09. The molecule has 0 saturated heterocycles. The lowest BCUT2D eigenvalue weighted by atomic mass is 10.5. The quantitative estimate of drug-likeness (QED) is 0.896. The van der Waals surface area contributed by atoms with Gasteiger partial charge in [-0.25, -0.2) is 15.0 Å². The van der Waals surface area contributed by atoms with Gasteiger partial charge < -0.3 is 5.32 Å². The lowest BCUT2D eigenvalue weighted by Gasteiger charge is -2.03. The number of nitrogens with one attached hydrogen (secondary N) is 1. The Morgan fingerprint density at radius 2 is 2.27 bits per heavy atom. The predicted octanol–water partition coefficient (Wildman–Crippen LogP) is 2.51. The summed E-state index contributed by atoms with van der Waals surface area (Å²) in [5, 5.41) is 4.71. The summed E-state index contributed by atoms with van der Waals surface area (Å²) >= 11 is 7.55. The first kappa shape index (κ1) is 10.3. The van der Waals surface area contributed by atoms with Gasteiger partial charge in [-0.2, -0.15) is 0 Å². The SMILES string of the molecule is Cc1ncc(CNc2ncncc2Cl)s1. The van der Waals surface area contributed by atoms with Crippen molar-refractivity contribution in [3.05, 3.63) is 33.6 Å². The maximum atomic E-state index is 5.90. The van der Waals surface area contributed by atoms with Crippen molar-refractivity contribution in [2.45, 2.75) is 13.5 Å². The van der Waals surface area contributed by atoms with Gasteiger partial charge in [0.25, 0.3) is 0 Å². The van der Waals surface area contributed by atoms with Crippen LogP contribution in [0, 0.1) is 6.92 Å². The fraction of sp³-hybridized carbons (Fsp3) is 0.222. The van der Waals surface area contributed by atoms with Crippen LogP contribution in [-0.4, -0.2) is 15.0 Å². The molecule has 2 heterocycles. The number of halogens is 1. The van der Waals surface area contributed by atoms with E-state index in [0.29, 0.717) is 17.4 Å². The van der Waals surface area contributed by atoms with Crippen molar-refractivity contribution in [3.8, 4) is 0 Å². The smallest absolute Gasteiger partial charge is 0.148 e. The Hall–Kier alpha value is -1.20. The molecule has 2 rings (SSSR count). The van der Waals surface area contributed by atoms with Crippen LogP contribution < -0.4 is 5.32 Å². The van der Waals surface area contributed by atoms with Crippen LogP contribution in [0.2, 0.25) is 5.02 Å². The Kier molecular flexibility index (Phi) is 3.13. The van der Waals surface area contributed by atoms with Crippen LogP contribution in [0.5, 0.6) is 0 Å². The Labute approximate surface area is 96.4 Å². The Morgan fingerprint density at radius 1 is 1.40 bits per heavy atom. The van der Waals surface area contributed by atoms with Crippen LogP contribution >= 0.6 is 22.9 Å². The minimum Gasteiger partial charge on any atom is -0.364 e. The van der Waals surface area contributed by atoms with Crippen molar-refractivity contribution < 1.29 is 0 Å². The van der Waals surface area contributed by atoms with Crippen LogP contribution in [0.3, 0.4) is 0 Å². The maximum absolute atomic E-state index is 5.90. The van der Waals surface area contributed by atoms with Crippen LogP contribution in [-0.2, 0) is 6.54 Å². The second kappa shape index (κ2) is 4.55. The number of hydrogen-bond donors (Lipinski definition) is 1. The van der Waals surface area contributed by atoms with E-state index in [1.807, 2.05) is 13.1 Å². The largest absolute Gasteiger partial charge is 0.364 e. The van der Waals surface area contributed by atoms with E-state index >= 15 is 0 Å². The van der Waals surface area contributed by atoms with Crippen molar-refractivity contribution in [2.75, 3.05) is 5.32 Å². The number of hydrogen-bond acceptors (Lipinski definition) is 5. The minimum atomic E-state index is 0.527. The first-order chi connectivity index (χ1) is 7.25. The van der Waals surface area contributed by atoms with Crippen LogP contribution in [0.25, 0.3) is 0 Å². The Bertz CT molecular complexity index is 457. The normalized spacial score (nSPS) is 10.3. The molecule has 0 aliphatic heterocycles. The zero-order chi connectivity index (χ0) is 10.7. The molecule has 0 fully saturated rings. The van der Waals surface area contributed by atoms with Crippen molar-refractivity contribution in [2.24, 2.45) is 0 Å². The fourth-order valence-electron chi connectivity index (χ4n) is 1.10. The summed E-state index contributed by atoms with van der Waals surface area (Å²) in [5.41, 5.74) is 0. The molecule has 0 atom stereocenters. The van der Waals surface area contributed by atoms with E-state index < -0.39 is 0 Å². The maximum Gasteiger partial charge on any atom is 0.148 e. The highest BCUT2D eigenvalue weighted by Gasteiger charge is 2.02. The van der Waals surface area contributed by atoms with Gasteiger partial charge in [0, 0.05) is 11.1 Å². The Morgan fingerprint density at radius 3 is 2.93 bits per heavy atom. The van der Waals surface area contributed by atoms with Gasteiger partial charge in [-0.15, -0.1) is 11.3 Å². The van der Waals surface area contributed by atoms with Gasteiger partial charge in [0.2, 0.25) is 0 Å². The topological polar surface area (TPSA) is 50.7 Å². The standard InChI is InChI=1S/C9H9ClN4S/c1-6-12-2-7(15-6)3-13-9-8(10)4-11-5-14-9/h2,4-5H,3H2,1H3,(H,11,13,14). The summed E-state index contributed by atoms with van der Waals surface area (Å²) in [6.45, 7) is 2.66. The summed E-state index contributed by atoms with van der Waals surface area (Å²) in [6, 6.07) is 0. The van der Waals surface area contributed by atoms with E-state index in [2.05, 4.69) is 20.3 Å². The molecular weight excluding hydrogens is 232 g/mol. The highest BCUT2D eigenvalue weighted by molar-refractivity contribution is 7.11. The van der Waals surface area contributed by atoms with Gasteiger partial charge in [0.15, 0.2) is 0 Å². The fourth-order valence-corrected chi connectivity index (χ4v) is 2.01. The molecule has 2 aromatic rings. The van der Waals surface area contributed by atoms with E-state index in [9.17, 15) is 0 Å². The number of aryl methyl sites for hydroxylation is 1. The molecule has 0 saturated carbocycles. The van der Waals surface area contributed by atoms with Gasteiger partial charge in [0.1, 0.15) is 17.2 Å². The molecule has 78 valence electrons. The molecule has 0 radical (unpaired) electrons. The van der Waals surface area contributed by atoms with Gasteiger partial charge in [0.05, 0.1) is 17.7 Å². The molecule has 0 spiro atoms. The summed E-state index contributed by atoms with van der Waals surface area (Å²) < 4.78 is 0.